The van der Waals surface area contributed by atoms with Crippen molar-refractivity contribution in [3.05, 3.63) is 0 Å². The van der Waals surface area contributed by atoms with Gasteiger partial charge < -0.3 is 31.7 Å². The first-order chi connectivity index (χ1) is 14.5. The van der Waals surface area contributed by atoms with Crippen LogP contribution in [0.25, 0.3) is 0 Å². The van der Waals surface area contributed by atoms with E-state index in [1.807, 2.05) is 13.8 Å². The number of nitrogens with zero attached hydrogens (tertiary/aromatic N) is 2. The summed E-state index contributed by atoms with van der Waals surface area (Å²) < 4.78 is 0. The van der Waals surface area contributed by atoms with E-state index in [-0.39, 0.29) is 12.3 Å². The summed E-state index contributed by atoms with van der Waals surface area (Å²) >= 11 is 0. The van der Waals surface area contributed by atoms with E-state index in [4.69, 9.17) is 11.5 Å². The first kappa shape index (κ1) is 24.6. The number of likely N-dealkylation sites (tertiary alicyclic amines) is 2. The lowest BCUT2D eigenvalue weighted by atomic mass is 10.0. The molecule has 6 N–H and O–H groups in total. The Bertz CT molecular complexity index is 727. The molecule has 2 fully saturated rings. The molecule has 11 nitrogen and oxygen atoms in total. The number of nitrogens with two attached hydrogens (primary N) is 2. The van der Waals surface area contributed by atoms with Crippen LogP contribution in [0.1, 0.15) is 52.4 Å². The molecule has 0 saturated carbocycles. The predicted octanol–water partition coefficient (Wildman–Crippen LogP) is -1.21. The minimum absolute atomic E-state index is 0.0745. The average molecular weight is 440 g/mol. The van der Waals surface area contributed by atoms with Crippen LogP contribution >= 0.6 is 0 Å². The number of primary amides is 1. The molecule has 0 aromatic carbocycles. The van der Waals surface area contributed by atoms with E-state index in [1.165, 1.54) is 9.80 Å². The maximum absolute atomic E-state index is 13.1. The van der Waals surface area contributed by atoms with Crippen LogP contribution in [0.4, 0.5) is 0 Å². The number of carboxylic acid groups (broad SMARTS) is 1. The zero-order valence-electron chi connectivity index (χ0n) is 18.1. The third kappa shape index (κ3) is 6.16. The third-order valence-electron chi connectivity index (χ3n) is 5.72. The predicted molar refractivity (Wildman–Crippen MR) is 110 cm³/mol. The normalized spacial score (nSPS) is 23.0. The SMILES string of the molecule is CC(C)CC(NC(=O)C1CCCN1C(=O)C(N)CC(N)=O)C(=O)N1CCCC1C(=O)O. The first-order valence-electron chi connectivity index (χ1n) is 10.7. The Labute approximate surface area is 181 Å². The molecular weight excluding hydrogens is 406 g/mol. The quantitative estimate of drug-likeness (QED) is 0.348. The van der Waals surface area contributed by atoms with Gasteiger partial charge in [-0.15, -0.1) is 0 Å². The summed E-state index contributed by atoms with van der Waals surface area (Å²) in [6, 6.07) is -3.71. The highest BCUT2D eigenvalue weighted by molar-refractivity contribution is 5.95. The van der Waals surface area contributed by atoms with Crippen LogP contribution in [0.3, 0.4) is 0 Å². The van der Waals surface area contributed by atoms with Crippen molar-refractivity contribution < 1.29 is 29.1 Å². The van der Waals surface area contributed by atoms with E-state index >= 15 is 0 Å². The molecule has 4 unspecified atom stereocenters. The van der Waals surface area contributed by atoms with E-state index in [9.17, 15) is 29.1 Å². The van der Waals surface area contributed by atoms with Gasteiger partial charge in [-0.1, -0.05) is 13.8 Å². The van der Waals surface area contributed by atoms with Gasteiger partial charge >= 0.3 is 5.97 Å². The number of carbonyl (C=O) groups excluding carboxylic acids is 4. The Morgan fingerprint density at radius 3 is 2.06 bits per heavy atom. The van der Waals surface area contributed by atoms with Crippen molar-refractivity contribution >= 4 is 29.6 Å². The molecule has 0 bridgehead atoms. The van der Waals surface area contributed by atoms with Gasteiger partial charge in [-0.3, -0.25) is 19.2 Å². The minimum Gasteiger partial charge on any atom is -0.480 e. The first-order valence-corrected chi connectivity index (χ1v) is 10.7. The summed E-state index contributed by atoms with van der Waals surface area (Å²) in [4.78, 5) is 63.9. The zero-order chi connectivity index (χ0) is 23.3. The highest BCUT2D eigenvalue weighted by atomic mass is 16.4. The van der Waals surface area contributed by atoms with Gasteiger partial charge in [-0.05, 0) is 38.0 Å². The number of nitrogens with one attached hydrogen (secondary N) is 1. The number of carboxylic acids is 1. The van der Waals surface area contributed by atoms with Crippen molar-refractivity contribution in [2.24, 2.45) is 17.4 Å². The molecule has 2 rings (SSSR count). The molecule has 0 aromatic rings. The second-order valence-electron chi connectivity index (χ2n) is 8.69. The fraction of sp³-hybridized carbons (Fsp3) is 0.750. The summed E-state index contributed by atoms with van der Waals surface area (Å²) in [5.74, 6) is -3.13. The van der Waals surface area contributed by atoms with Gasteiger partial charge in [0.15, 0.2) is 0 Å². The van der Waals surface area contributed by atoms with E-state index < -0.39 is 53.8 Å². The largest absolute Gasteiger partial charge is 0.480 e. The fourth-order valence-electron chi connectivity index (χ4n) is 4.27. The molecule has 0 aliphatic carbocycles. The Kier molecular flexibility index (Phi) is 8.37. The van der Waals surface area contributed by atoms with Gasteiger partial charge in [0.25, 0.3) is 0 Å². The van der Waals surface area contributed by atoms with Crippen LogP contribution < -0.4 is 16.8 Å². The van der Waals surface area contributed by atoms with Gasteiger partial charge in [-0.25, -0.2) is 4.79 Å². The topological polar surface area (TPSA) is 176 Å². The molecule has 0 aromatic heterocycles. The van der Waals surface area contributed by atoms with Crippen LogP contribution in [-0.4, -0.2) is 81.8 Å². The lowest BCUT2D eigenvalue weighted by Gasteiger charge is -2.31. The monoisotopic (exact) mass is 439 g/mol. The zero-order valence-corrected chi connectivity index (χ0v) is 18.1. The molecule has 0 spiro atoms. The molecule has 11 heteroatoms. The van der Waals surface area contributed by atoms with E-state index in [2.05, 4.69) is 5.32 Å². The van der Waals surface area contributed by atoms with Gasteiger partial charge in [-0.2, -0.15) is 0 Å². The van der Waals surface area contributed by atoms with Crippen molar-refractivity contribution in [2.75, 3.05) is 13.1 Å². The van der Waals surface area contributed by atoms with Crippen molar-refractivity contribution in [3.8, 4) is 0 Å². The molecule has 4 amide bonds. The highest BCUT2D eigenvalue weighted by Crippen LogP contribution is 2.22. The average Bonchev–Trinajstić information content (AvgIpc) is 3.34. The fourth-order valence-corrected chi connectivity index (χ4v) is 4.27. The van der Waals surface area contributed by atoms with Crippen molar-refractivity contribution in [2.45, 2.75) is 76.5 Å². The summed E-state index contributed by atoms with van der Waals surface area (Å²) in [5.41, 5.74) is 10.9. The van der Waals surface area contributed by atoms with Crippen LogP contribution in [-0.2, 0) is 24.0 Å². The lowest BCUT2D eigenvalue weighted by Crippen LogP contribution is -2.57. The van der Waals surface area contributed by atoms with E-state index in [0.29, 0.717) is 45.2 Å². The minimum atomic E-state index is -1.13. The number of aliphatic carboxylic acids is 1. The summed E-state index contributed by atoms with van der Waals surface area (Å²) in [6.45, 7) is 4.45. The molecule has 174 valence electrons. The standard InChI is InChI=1S/C20H33N5O6/c1-11(2)9-13(19(29)25-8-4-6-15(25)20(30)31)23-17(27)14-5-3-7-24(14)18(28)12(21)10-16(22)26/h11-15H,3-10,21H2,1-2H3,(H2,22,26)(H,23,27)(H,30,31). The van der Waals surface area contributed by atoms with Gasteiger partial charge in [0, 0.05) is 13.1 Å². The van der Waals surface area contributed by atoms with Crippen molar-refractivity contribution in [3.63, 3.8) is 0 Å². The summed E-state index contributed by atoms with van der Waals surface area (Å²) in [6.07, 6.45) is 1.99. The highest BCUT2D eigenvalue weighted by Gasteiger charge is 2.41. The van der Waals surface area contributed by atoms with E-state index in [0.717, 1.165) is 0 Å². The Hall–Kier alpha value is -2.69. The van der Waals surface area contributed by atoms with Crippen molar-refractivity contribution in [1.29, 1.82) is 0 Å². The molecule has 2 aliphatic rings. The smallest absolute Gasteiger partial charge is 0.326 e. The van der Waals surface area contributed by atoms with Gasteiger partial charge in [0.05, 0.1) is 12.5 Å². The van der Waals surface area contributed by atoms with Crippen LogP contribution in [0, 0.1) is 5.92 Å². The maximum Gasteiger partial charge on any atom is 0.326 e. The number of rotatable bonds is 9. The van der Waals surface area contributed by atoms with Crippen LogP contribution in [0.2, 0.25) is 0 Å². The van der Waals surface area contributed by atoms with Gasteiger partial charge in [0.1, 0.15) is 18.1 Å². The molecule has 31 heavy (non-hydrogen) atoms. The maximum atomic E-state index is 13.1. The molecule has 0 radical (unpaired) electrons. The molecule has 2 heterocycles. The molecular formula is C20H33N5O6. The Balaban J connectivity index is 2.12. The van der Waals surface area contributed by atoms with Gasteiger partial charge in [0.2, 0.25) is 23.6 Å². The Morgan fingerprint density at radius 1 is 1.00 bits per heavy atom. The molecule has 2 aliphatic heterocycles. The Morgan fingerprint density at radius 2 is 1.55 bits per heavy atom. The number of amides is 4. The second-order valence-corrected chi connectivity index (χ2v) is 8.69. The van der Waals surface area contributed by atoms with Crippen LogP contribution in [0.15, 0.2) is 0 Å². The summed E-state index contributed by atoms with van der Waals surface area (Å²) in [7, 11) is 0. The summed E-state index contributed by atoms with van der Waals surface area (Å²) in [5, 5.41) is 12.1. The van der Waals surface area contributed by atoms with Crippen molar-refractivity contribution in [1.82, 2.24) is 15.1 Å². The second kappa shape index (κ2) is 10.6. The lowest BCUT2D eigenvalue weighted by molar-refractivity contribution is -0.150. The molecule has 4 atom stereocenters. The number of hydrogen-bond donors (Lipinski definition) is 4. The third-order valence-corrected chi connectivity index (χ3v) is 5.72. The van der Waals surface area contributed by atoms with Crippen LogP contribution in [0.5, 0.6) is 0 Å². The molecule has 2 saturated heterocycles. The number of carbonyl (C=O) groups is 5. The number of hydrogen-bond acceptors (Lipinski definition) is 6. The van der Waals surface area contributed by atoms with E-state index in [1.54, 1.807) is 0 Å².